The molecule has 146 valence electrons. The van der Waals surface area contributed by atoms with E-state index in [2.05, 4.69) is 15.4 Å². The Labute approximate surface area is 162 Å². The van der Waals surface area contributed by atoms with E-state index in [-0.39, 0.29) is 24.4 Å². The van der Waals surface area contributed by atoms with Gasteiger partial charge in [-0.15, -0.1) is 0 Å². The molecule has 0 aliphatic carbocycles. The van der Waals surface area contributed by atoms with Crippen LogP contribution in [0.15, 0.2) is 55.1 Å². The third kappa shape index (κ3) is 4.28. The minimum atomic E-state index is -0.455. The van der Waals surface area contributed by atoms with Crippen molar-refractivity contribution in [2.75, 3.05) is 14.2 Å². The second-order valence-corrected chi connectivity index (χ2v) is 6.35. The Bertz CT molecular complexity index is 928. The fourth-order valence-corrected chi connectivity index (χ4v) is 2.77. The van der Waals surface area contributed by atoms with Crippen molar-refractivity contribution in [1.82, 2.24) is 25.0 Å². The molecular weight excluding hydrogens is 361 g/mol. The van der Waals surface area contributed by atoms with Crippen LogP contribution in [0.5, 0.6) is 5.75 Å². The minimum Gasteiger partial charge on any atom is -0.494 e. The van der Waals surface area contributed by atoms with Crippen molar-refractivity contribution in [1.29, 1.82) is 0 Å². The Morgan fingerprint density at radius 2 is 2.04 bits per heavy atom. The fraction of sp³-hybridized carbons (Fsp3) is 0.250. The van der Waals surface area contributed by atoms with Crippen molar-refractivity contribution < 1.29 is 13.9 Å². The van der Waals surface area contributed by atoms with E-state index in [1.807, 2.05) is 31.2 Å². The number of amides is 2. The Kier molecular flexibility index (Phi) is 5.88. The van der Waals surface area contributed by atoms with Crippen molar-refractivity contribution in [2.24, 2.45) is 0 Å². The maximum absolute atomic E-state index is 13.8. The van der Waals surface area contributed by atoms with E-state index < -0.39 is 5.82 Å². The van der Waals surface area contributed by atoms with Gasteiger partial charge in [-0.3, -0.25) is 0 Å². The van der Waals surface area contributed by atoms with Gasteiger partial charge >= 0.3 is 6.03 Å². The number of urea groups is 1. The average Bonchev–Trinajstić information content (AvgIpc) is 3.26. The molecule has 0 saturated heterocycles. The number of hydrogen-bond donors (Lipinski definition) is 1. The van der Waals surface area contributed by atoms with E-state index in [4.69, 9.17) is 4.74 Å². The number of ether oxygens (including phenoxy) is 1. The molecule has 3 rings (SSSR count). The molecule has 3 aromatic rings. The number of benzene rings is 2. The van der Waals surface area contributed by atoms with Crippen molar-refractivity contribution in [2.45, 2.75) is 19.5 Å². The van der Waals surface area contributed by atoms with Crippen molar-refractivity contribution in [3.8, 4) is 11.4 Å². The van der Waals surface area contributed by atoms with Gasteiger partial charge in [0.1, 0.15) is 12.7 Å². The molecule has 0 fully saturated rings. The van der Waals surface area contributed by atoms with Gasteiger partial charge in [0.15, 0.2) is 11.6 Å². The van der Waals surface area contributed by atoms with E-state index in [1.165, 1.54) is 19.5 Å². The zero-order valence-corrected chi connectivity index (χ0v) is 16.0. The summed E-state index contributed by atoms with van der Waals surface area (Å²) < 4.78 is 20.3. The molecule has 1 unspecified atom stereocenters. The van der Waals surface area contributed by atoms with Gasteiger partial charge in [-0.1, -0.05) is 18.2 Å². The normalized spacial score (nSPS) is 11.7. The molecule has 2 amide bonds. The molecule has 1 N–H and O–H groups in total. The topological polar surface area (TPSA) is 72.3 Å². The van der Waals surface area contributed by atoms with Gasteiger partial charge in [-0.05, 0) is 42.3 Å². The molecule has 2 aromatic carbocycles. The van der Waals surface area contributed by atoms with Crippen LogP contribution in [0, 0.1) is 5.82 Å². The number of nitrogens with one attached hydrogen (secondary N) is 1. The second kappa shape index (κ2) is 8.51. The monoisotopic (exact) mass is 383 g/mol. The molecule has 0 bridgehead atoms. The molecule has 0 saturated carbocycles. The number of methoxy groups -OCH3 is 1. The van der Waals surface area contributed by atoms with Crippen LogP contribution in [-0.2, 0) is 6.54 Å². The fourth-order valence-electron chi connectivity index (χ4n) is 2.77. The zero-order chi connectivity index (χ0) is 20.1. The molecule has 28 heavy (non-hydrogen) atoms. The largest absolute Gasteiger partial charge is 0.494 e. The van der Waals surface area contributed by atoms with Crippen LogP contribution < -0.4 is 10.1 Å². The highest BCUT2D eigenvalue weighted by Gasteiger charge is 2.17. The van der Waals surface area contributed by atoms with E-state index >= 15 is 0 Å². The molecule has 8 heteroatoms. The lowest BCUT2D eigenvalue weighted by atomic mass is 10.1. The Morgan fingerprint density at radius 1 is 1.29 bits per heavy atom. The minimum absolute atomic E-state index is 0.141. The summed E-state index contributed by atoms with van der Waals surface area (Å²) in [6.45, 7) is 2.17. The number of carbonyl (C=O) groups is 1. The third-order valence-corrected chi connectivity index (χ3v) is 4.62. The van der Waals surface area contributed by atoms with E-state index in [0.29, 0.717) is 5.56 Å². The molecule has 1 atom stereocenters. The average molecular weight is 383 g/mol. The molecule has 1 heterocycles. The predicted molar refractivity (Wildman–Crippen MR) is 103 cm³/mol. The van der Waals surface area contributed by atoms with Crippen LogP contribution in [0.3, 0.4) is 0 Å². The number of hydrogen-bond acceptors (Lipinski definition) is 4. The van der Waals surface area contributed by atoms with Crippen LogP contribution in [0.2, 0.25) is 0 Å². The summed E-state index contributed by atoms with van der Waals surface area (Å²) in [5, 5.41) is 6.90. The number of aromatic nitrogens is 3. The molecule has 0 radical (unpaired) electrons. The quantitative estimate of drug-likeness (QED) is 0.709. The van der Waals surface area contributed by atoms with E-state index in [1.54, 1.807) is 35.1 Å². The van der Waals surface area contributed by atoms with Crippen molar-refractivity contribution in [3.05, 3.63) is 72.1 Å². The lowest BCUT2D eigenvalue weighted by Gasteiger charge is -2.26. The van der Waals surface area contributed by atoms with Gasteiger partial charge < -0.3 is 15.0 Å². The third-order valence-electron chi connectivity index (χ3n) is 4.62. The summed E-state index contributed by atoms with van der Waals surface area (Å²) in [6, 6.07) is 12.0. The molecule has 0 spiro atoms. The highest BCUT2D eigenvalue weighted by molar-refractivity contribution is 5.74. The summed E-state index contributed by atoms with van der Waals surface area (Å²) in [6.07, 6.45) is 3.10. The first kappa shape index (κ1) is 19.3. The van der Waals surface area contributed by atoms with Crippen LogP contribution in [-0.4, -0.2) is 39.9 Å². The van der Waals surface area contributed by atoms with E-state index in [0.717, 1.165) is 11.3 Å². The molecule has 0 aliphatic heterocycles. The van der Waals surface area contributed by atoms with Crippen molar-refractivity contribution in [3.63, 3.8) is 0 Å². The lowest BCUT2D eigenvalue weighted by Crippen LogP contribution is -2.38. The van der Waals surface area contributed by atoms with Gasteiger partial charge in [0.05, 0.1) is 18.8 Å². The molecular formula is C20H22FN5O2. The summed E-state index contributed by atoms with van der Waals surface area (Å²) in [4.78, 5) is 18.0. The maximum atomic E-state index is 13.8. The summed E-state index contributed by atoms with van der Waals surface area (Å²) >= 11 is 0. The summed E-state index contributed by atoms with van der Waals surface area (Å²) in [7, 11) is 3.13. The van der Waals surface area contributed by atoms with Gasteiger partial charge in [0.25, 0.3) is 0 Å². The number of carbonyl (C=O) groups excluding carboxylic acids is 1. The zero-order valence-electron chi connectivity index (χ0n) is 16.0. The van der Waals surface area contributed by atoms with Gasteiger partial charge in [0, 0.05) is 13.6 Å². The Hall–Kier alpha value is -3.42. The van der Waals surface area contributed by atoms with Crippen LogP contribution in [0.1, 0.15) is 24.1 Å². The SMILES string of the molecule is COc1ccc(CNC(=O)N(C)C(C)c2ccc(-n3cncn3)cc2)cc1F. The number of nitrogens with zero attached hydrogens (tertiary/aromatic N) is 4. The van der Waals surface area contributed by atoms with Crippen LogP contribution in [0.4, 0.5) is 9.18 Å². The van der Waals surface area contributed by atoms with Gasteiger partial charge in [0.2, 0.25) is 0 Å². The summed E-state index contributed by atoms with van der Waals surface area (Å²) in [5.74, 6) is -0.279. The highest BCUT2D eigenvalue weighted by Crippen LogP contribution is 2.21. The number of rotatable bonds is 6. The van der Waals surface area contributed by atoms with Gasteiger partial charge in [-0.2, -0.15) is 5.10 Å². The smallest absolute Gasteiger partial charge is 0.317 e. The second-order valence-electron chi connectivity index (χ2n) is 6.35. The van der Waals surface area contributed by atoms with Gasteiger partial charge in [-0.25, -0.2) is 18.9 Å². The summed E-state index contributed by atoms with van der Waals surface area (Å²) in [5.41, 5.74) is 2.53. The Morgan fingerprint density at radius 3 is 2.64 bits per heavy atom. The maximum Gasteiger partial charge on any atom is 0.317 e. The first-order chi connectivity index (χ1) is 13.5. The standard InChI is InChI=1S/C20H22FN5O2/c1-14(16-5-7-17(8-6-16)26-13-22-12-24-26)25(2)20(27)23-11-15-4-9-19(28-3)18(21)10-15/h4-10,12-14H,11H2,1-3H3,(H,23,27). The first-order valence-electron chi connectivity index (χ1n) is 8.77. The molecule has 0 aliphatic rings. The van der Waals surface area contributed by atoms with E-state index in [9.17, 15) is 9.18 Å². The van der Waals surface area contributed by atoms with Crippen LogP contribution in [0.25, 0.3) is 5.69 Å². The predicted octanol–water partition coefficient (Wildman–Crippen LogP) is 3.32. The number of halogens is 1. The molecule has 7 nitrogen and oxygen atoms in total. The Balaban J connectivity index is 1.60. The molecule has 1 aromatic heterocycles. The van der Waals surface area contributed by atoms with Crippen LogP contribution >= 0.6 is 0 Å². The first-order valence-corrected chi connectivity index (χ1v) is 8.77. The highest BCUT2D eigenvalue weighted by atomic mass is 19.1. The lowest BCUT2D eigenvalue weighted by molar-refractivity contribution is 0.194. The van der Waals surface area contributed by atoms with Crippen molar-refractivity contribution >= 4 is 6.03 Å².